The van der Waals surface area contributed by atoms with Crippen LogP contribution < -0.4 is 10.2 Å². The molecule has 1 unspecified atom stereocenters. The highest BCUT2D eigenvalue weighted by molar-refractivity contribution is 6.30. The Balaban J connectivity index is 1.61. The second-order valence-electron chi connectivity index (χ2n) is 6.23. The van der Waals surface area contributed by atoms with Crippen LogP contribution in [0.3, 0.4) is 0 Å². The molecule has 2 aromatic carbocycles. The second-order valence-corrected chi connectivity index (χ2v) is 6.66. The Hall–Kier alpha value is -2.33. The average molecular weight is 357 g/mol. The Labute approximate surface area is 152 Å². The number of hydrogen-bond acceptors (Lipinski definition) is 3. The van der Waals surface area contributed by atoms with E-state index in [1.807, 2.05) is 6.92 Å². The topological polar surface area (TPSA) is 50.7 Å². The molecular weight excluding hydrogens is 336 g/mol. The lowest BCUT2D eigenvalue weighted by molar-refractivity contribution is -0.127. The van der Waals surface area contributed by atoms with Gasteiger partial charge < -0.3 is 4.74 Å². The smallest absolute Gasteiger partial charge is 0.280 e. The van der Waals surface area contributed by atoms with E-state index < -0.39 is 6.10 Å². The Morgan fingerprint density at radius 3 is 2.80 bits per heavy atom. The van der Waals surface area contributed by atoms with Gasteiger partial charge in [-0.25, -0.2) is 5.43 Å². The van der Waals surface area contributed by atoms with E-state index in [4.69, 9.17) is 16.3 Å². The minimum atomic E-state index is -0.671. The molecule has 0 radical (unpaired) electrons. The van der Waals surface area contributed by atoms with Gasteiger partial charge in [0.15, 0.2) is 6.10 Å². The Morgan fingerprint density at radius 2 is 2.00 bits per heavy atom. The van der Waals surface area contributed by atoms with E-state index in [2.05, 4.69) is 28.7 Å². The van der Waals surface area contributed by atoms with Crippen LogP contribution in [0.15, 0.2) is 47.6 Å². The molecule has 1 aliphatic rings. The molecule has 0 spiro atoms. The predicted molar refractivity (Wildman–Crippen MR) is 100 cm³/mol. The number of carbonyl (C=O) groups is 1. The van der Waals surface area contributed by atoms with Gasteiger partial charge in [0, 0.05) is 5.02 Å². The predicted octanol–water partition coefficient (Wildman–Crippen LogP) is 4.14. The van der Waals surface area contributed by atoms with Crippen molar-refractivity contribution in [1.29, 1.82) is 0 Å². The molecule has 0 fully saturated rings. The lowest BCUT2D eigenvalue weighted by Gasteiger charge is -2.13. The third-order valence-corrected chi connectivity index (χ3v) is 4.56. The number of benzene rings is 2. The zero-order valence-electron chi connectivity index (χ0n) is 14.4. The molecule has 4 nitrogen and oxygen atoms in total. The molecule has 3 rings (SSSR count). The van der Waals surface area contributed by atoms with Crippen LogP contribution in [0.5, 0.6) is 5.75 Å². The molecule has 25 heavy (non-hydrogen) atoms. The molecule has 0 aromatic heterocycles. The van der Waals surface area contributed by atoms with Crippen LogP contribution in [-0.2, 0) is 17.6 Å². The van der Waals surface area contributed by atoms with Crippen molar-refractivity contribution in [2.24, 2.45) is 5.10 Å². The maximum atomic E-state index is 12.2. The molecule has 0 saturated carbocycles. The van der Waals surface area contributed by atoms with E-state index >= 15 is 0 Å². The summed E-state index contributed by atoms with van der Waals surface area (Å²) < 4.78 is 5.59. The first-order valence-electron chi connectivity index (χ1n) is 8.41. The molecule has 0 saturated heterocycles. The number of rotatable bonds is 5. The van der Waals surface area contributed by atoms with Crippen molar-refractivity contribution < 1.29 is 9.53 Å². The molecule has 1 atom stereocenters. The van der Waals surface area contributed by atoms with Crippen molar-refractivity contribution in [2.75, 3.05) is 0 Å². The van der Waals surface area contributed by atoms with Gasteiger partial charge in [-0.1, -0.05) is 29.8 Å². The summed E-state index contributed by atoms with van der Waals surface area (Å²) >= 11 is 5.92. The molecule has 2 aromatic rings. The first-order valence-corrected chi connectivity index (χ1v) is 8.79. The van der Waals surface area contributed by atoms with Gasteiger partial charge in [-0.05, 0) is 74.1 Å². The number of fused-ring (bicyclic) bond motifs is 1. The van der Waals surface area contributed by atoms with Gasteiger partial charge in [0.2, 0.25) is 0 Å². The number of ether oxygens (including phenoxy) is 1. The number of nitrogens with zero attached hydrogens (tertiary/aromatic N) is 1. The third kappa shape index (κ3) is 4.40. The van der Waals surface area contributed by atoms with Crippen LogP contribution in [0, 0.1) is 0 Å². The number of amides is 1. The van der Waals surface area contributed by atoms with Gasteiger partial charge >= 0.3 is 0 Å². The molecule has 1 N–H and O–H groups in total. The van der Waals surface area contributed by atoms with Crippen LogP contribution in [0.4, 0.5) is 0 Å². The fourth-order valence-corrected chi connectivity index (χ4v) is 3.07. The molecule has 0 aliphatic heterocycles. The van der Waals surface area contributed by atoms with E-state index in [0.29, 0.717) is 10.8 Å². The molecular formula is C20H21ClN2O2. The summed E-state index contributed by atoms with van der Waals surface area (Å²) in [7, 11) is 0. The number of nitrogens with one attached hydrogen (secondary N) is 1. The zero-order chi connectivity index (χ0) is 17.8. The van der Waals surface area contributed by atoms with E-state index in [1.165, 1.54) is 17.5 Å². The summed E-state index contributed by atoms with van der Waals surface area (Å²) in [6.07, 6.45) is 2.81. The minimum absolute atomic E-state index is 0.305. The lowest BCUT2D eigenvalue weighted by atomic mass is 10.0. The molecule has 1 aliphatic carbocycles. The van der Waals surface area contributed by atoms with Gasteiger partial charge in [0.1, 0.15) is 5.75 Å². The number of halogens is 1. The first-order chi connectivity index (χ1) is 12.0. The van der Waals surface area contributed by atoms with Crippen molar-refractivity contribution >= 4 is 23.2 Å². The number of carbonyl (C=O) groups excluding carboxylic acids is 1. The molecule has 0 heterocycles. The Kier molecular flexibility index (Phi) is 5.39. The summed E-state index contributed by atoms with van der Waals surface area (Å²) in [5.74, 6) is 0.245. The normalized spacial score (nSPS) is 14.8. The number of hydrogen-bond donors (Lipinski definition) is 1. The van der Waals surface area contributed by atoms with Crippen molar-refractivity contribution in [2.45, 2.75) is 39.2 Å². The van der Waals surface area contributed by atoms with Gasteiger partial charge in [-0.2, -0.15) is 5.10 Å². The largest absolute Gasteiger partial charge is 0.481 e. The Morgan fingerprint density at radius 1 is 1.20 bits per heavy atom. The van der Waals surface area contributed by atoms with Gasteiger partial charge in [-0.15, -0.1) is 0 Å². The van der Waals surface area contributed by atoms with Crippen LogP contribution in [0.25, 0.3) is 0 Å². The monoisotopic (exact) mass is 356 g/mol. The third-order valence-electron chi connectivity index (χ3n) is 4.33. The summed E-state index contributed by atoms with van der Waals surface area (Å²) in [4.78, 5) is 12.2. The van der Waals surface area contributed by atoms with Crippen LogP contribution in [0.2, 0.25) is 5.02 Å². The fourth-order valence-electron chi connectivity index (χ4n) is 2.89. The maximum Gasteiger partial charge on any atom is 0.280 e. The van der Waals surface area contributed by atoms with Crippen LogP contribution >= 0.6 is 11.6 Å². The first kappa shape index (κ1) is 17.5. The highest BCUT2D eigenvalue weighted by atomic mass is 35.5. The quantitative estimate of drug-likeness (QED) is 0.646. The molecule has 5 heteroatoms. The maximum absolute atomic E-state index is 12.2. The Bertz CT molecular complexity index is 817. The summed E-state index contributed by atoms with van der Waals surface area (Å²) in [6, 6.07) is 13.3. The van der Waals surface area contributed by atoms with Crippen molar-refractivity contribution in [3.63, 3.8) is 0 Å². The molecule has 0 bridgehead atoms. The average Bonchev–Trinajstić information content (AvgIpc) is 3.07. The lowest BCUT2D eigenvalue weighted by Crippen LogP contribution is -2.33. The molecule has 1 amide bonds. The van der Waals surface area contributed by atoms with E-state index in [1.54, 1.807) is 31.2 Å². The fraction of sp³-hybridized carbons (Fsp3) is 0.300. The van der Waals surface area contributed by atoms with Crippen LogP contribution in [-0.4, -0.2) is 17.7 Å². The highest BCUT2D eigenvalue weighted by Crippen LogP contribution is 2.23. The SMILES string of the molecule is C/C(=N\NC(=O)C(C)Oc1cccc(Cl)c1)c1ccc2c(c1)CCC2. The van der Waals surface area contributed by atoms with E-state index in [0.717, 1.165) is 24.1 Å². The number of hydrazone groups is 1. The zero-order valence-corrected chi connectivity index (χ0v) is 15.1. The van der Waals surface area contributed by atoms with Crippen molar-refractivity contribution in [3.05, 3.63) is 64.2 Å². The minimum Gasteiger partial charge on any atom is -0.481 e. The standard InChI is InChI=1S/C20H21ClN2O2/c1-13(16-10-9-15-5-3-6-17(15)11-16)22-23-20(24)14(2)25-19-8-4-7-18(21)12-19/h4,7-12,14H,3,5-6H2,1-2H3,(H,23,24)/b22-13+. The number of aryl methyl sites for hydroxylation is 2. The van der Waals surface area contributed by atoms with Gasteiger partial charge in [0.25, 0.3) is 5.91 Å². The summed E-state index contributed by atoms with van der Waals surface area (Å²) in [5, 5.41) is 4.78. The van der Waals surface area contributed by atoms with Gasteiger partial charge in [0.05, 0.1) is 5.71 Å². The van der Waals surface area contributed by atoms with E-state index in [9.17, 15) is 4.79 Å². The van der Waals surface area contributed by atoms with Crippen LogP contribution in [0.1, 0.15) is 37.0 Å². The summed E-state index contributed by atoms with van der Waals surface area (Å²) in [5.41, 5.74) is 7.19. The summed E-state index contributed by atoms with van der Waals surface area (Å²) in [6.45, 7) is 3.57. The van der Waals surface area contributed by atoms with Crippen molar-refractivity contribution in [3.8, 4) is 5.75 Å². The molecule has 130 valence electrons. The van der Waals surface area contributed by atoms with Gasteiger partial charge in [-0.3, -0.25) is 4.79 Å². The van der Waals surface area contributed by atoms with Crippen molar-refractivity contribution in [1.82, 2.24) is 5.43 Å². The highest BCUT2D eigenvalue weighted by Gasteiger charge is 2.15. The van der Waals surface area contributed by atoms with E-state index in [-0.39, 0.29) is 5.91 Å². The second kappa shape index (κ2) is 7.70.